The molecule has 168 valence electrons. The Hall–Kier alpha value is -2.09. The molecule has 0 N–H and O–H groups in total. The predicted molar refractivity (Wildman–Crippen MR) is 124 cm³/mol. The van der Waals surface area contributed by atoms with Crippen molar-refractivity contribution in [3.63, 3.8) is 0 Å². The lowest BCUT2D eigenvalue weighted by atomic mass is 9.97. The van der Waals surface area contributed by atoms with E-state index in [2.05, 4.69) is 39.1 Å². The van der Waals surface area contributed by atoms with Crippen molar-refractivity contribution in [1.82, 2.24) is 14.7 Å². The molecule has 2 aromatic rings. The topological polar surface area (TPSA) is 45.3 Å². The van der Waals surface area contributed by atoms with Gasteiger partial charge in [0.2, 0.25) is 5.91 Å². The fraction of sp³-hybridized carbons (Fsp3) is 0.542. The molecule has 0 saturated carbocycles. The van der Waals surface area contributed by atoms with Crippen LogP contribution in [0.4, 0.5) is 0 Å². The van der Waals surface area contributed by atoms with Crippen molar-refractivity contribution >= 4 is 17.2 Å². The van der Waals surface area contributed by atoms with E-state index in [-0.39, 0.29) is 11.9 Å². The van der Waals surface area contributed by atoms with Crippen molar-refractivity contribution in [2.45, 2.75) is 32.4 Å². The van der Waals surface area contributed by atoms with E-state index in [1.54, 1.807) is 14.2 Å². The Morgan fingerprint density at radius 1 is 1.06 bits per heavy atom. The molecule has 1 atom stereocenters. The normalized spacial score (nSPS) is 19.8. The SMILES string of the molecule is CCC1c2ccsc2CCN1C(=O)CN1CCN(Cc2cc(OC)ccc2OC)CC1. The van der Waals surface area contributed by atoms with Gasteiger partial charge in [0.25, 0.3) is 0 Å². The van der Waals surface area contributed by atoms with Gasteiger partial charge in [-0.3, -0.25) is 14.6 Å². The molecule has 0 spiro atoms. The zero-order valence-electron chi connectivity index (χ0n) is 18.8. The van der Waals surface area contributed by atoms with Crippen molar-refractivity contribution < 1.29 is 14.3 Å². The monoisotopic (exact) mass is 443 g/mol. The third-order valence-electron chi connectivity index (χ3n) is 6.51. The number of fused-ring (bicyclic) bond motifs is 1. The lowest BCUT2D eigenvalue weighted by Crippen LogP contribution is -2.51. The Labute approximate surface area is 189 Å². The first-order valence-corrected chi connectivity index (χ1v) is 12.0. The first-order valence-electron chi connectivity index (χ1n) is 11.1. The van der Waals surface area contributed by atoms with Crippen molar-refractivity contribution in [3.8, 4) is 11.5 Å². The summed E-state index contributed by atoms with van der Waals surface area (Å²) in [6.07, 6.45) is 1.97. The maximum atomic E-state index is 13.1. The molecule has 1 unspecified atom stereocenters. The number of piperazine rings is 1. The molecule has 1 amide bonds. The number of thiophene rings is 1. The van der Waals surface area contributed by atoms with Gasteiger partial charge in [-0.1, -0.05) is 6.92 Å². The third-order valence-corrected chi connectivity index (χ3v) is 7.50. The Bertz CT molecular complexity index is 892. The van der Waals surface area contributed by atoms with Crippen LogP contribution in [0.15, 0.2) is 29.6 Å². The second kappa shape index (κ2) is 10.0. The number of ether oxygens (including phenoxy) is 2. The van der Waals surface area contributed by atoms with Gasteiger partial charge in [-0.2, -0.15) is 0 Å². The molecule has 31 heavy (non-hydrogen) atoms. The number of hydrogen-bond acceptors (Lipinski definition) is 6. The highest BCUT2D eigenvalue weighted by Crippen LogP contribution is 2.35. The van der Waals surface area contributed by atoms with E-state index in [1.807, 2.05) is 23.5 Å². The molecular weight excluding hydrogens is 410 g/mol. The smallest absolute Gasteiger partial charge is 0.237 e. The molecule has 1 fully saturated rings. The molecule has 0 aliphatic carbocycles. The number of carbonyl (C=O) groups is 1. The van der Waals surface area contributed by atoms with Gasteiger partial charge < -0.3 is 14.4 Å². The molecule has 4 rings (SSSR count). The van der Waals surface area contributed by atoms with E-state index in [0.717, 1.165) is 69.2 Å². The molecule has 0 radical (unpaired) electrons. The summed E-state index contributed by atoms with van der Waals surface area (Å²) >= 11 is 1.83. The highest BCUT2D eigenvalue weighted by atomic mass is 32.1. The first-order chi connectivity index (χ1) is 15.1. The molecule has 2 aliphatic rings. The van der Waals surface area contributed by atoms with Crippen molar-refractivity contribution in [1.29, 1.82) is 0 Å². The fourth-order valence-corrected chi connectivity index (χ4v) is 5.70. The Balaban J connectivity index is 1.31. The highest BCUT2D eigenvalue weighted by molar-refractivity contribution is 7.10. The largest absolute Gasteiger partial charge is 0.497 e. The minimum Gasteiger partial charge on any atom is -0.497 e. The van der Waals surface area contributed by atoms with Crippen LogP contribution in [0.25, 0.3) is 0 Å². The number of amides is 1. The zero-order chi connectivity index (χ0) is 21.8. The van der Waals surface area contributed by atoms with Crippen LogP contribution in [0, 0.1) is 0 Å². The van der Waals surface area contributed by atoms with Crippen LogP contribution >= 0.6 is 11.3 Å². The van der Waals surface area contributed by atoms with E-state index < -0.39 is 0 Å². The van der Waals surface area contributed by atoms with Gasteiger partial charge in [0.15, 0.2) is 0 Å². The van der Waals surface area contributed by atoms with E-state index in [1.165, 1.54) is 10.4 Å². The minimum absolute atomic E-state index is 0.240. The van der Waals surface area contributed by atoms with Crippen LogP contribution in [0.1, 0.15) is 35.4 Å². The molecule has 0 bridgehead atoms. The van der Waals surface area contributed by atoms with E-state index >= 15 is 0 Å². The third kappa shape index (κ3) is 4.89. The number of benzene rings is 1. The summed E-state index contributed by atoms with van der Waals surface area (Å²) in [7, 11) is 3.39. The zero-order valence-corrected chi connectivity index (χ0v) is 19.6. The van der Waals surface area contributed by atoms with E-state index in [9.17, 15) is 4.79 Å². The van der Waals surface area contributed by atoms with Crippen LogP contribution < -0.4 is 9.47 Å². The Kier molecular flexibility index (Phi) is 7.15. The van der Waals surface area contributed by atoms with Crippen LogP contribution in [-0.4, -0.2) is 74.1 Å². The van der Waals surface area contributed by atoms with E-state index in [0.29, 0.717) is 6.54 Å². The maximum Gasteiger partial charge on any atom is 0.237 e. The van der Waals surface area contributed by atoms with Gasteiger partial charge in [-0.15, -0.1) is 11.3 Å². The predicted octanol–water partition coefficient (Wildman–Crippen LogP) is 3.42. The molecular formula is C24H33N3O3S. The second-order valence-corrected chi connectivity index (χ2v) is 9.29. The lowest BCUT2D eigenvalue weighted by molar-refractivity contribution is -0.135. The van der Waals surface area contributed by atoms with Crippen molar-refractivity contribution in [2.75, 3.05) is 53.5 Å². The minimum atomic E-state index is 0.240. The second-order valence-electron chi connectivity index (χ2n) is 8.29. The van der Waals surface area contributed by atoms with Crippen LogP contribution in [0.2, 0.25) is 0 Å². The van der Waals surface area contributed by atoms with Gasteiger partial charge >= 0.3 is 0 Å². The summed E-state index contributed by atoms with van der Waals surface area (Å²) in [6.45, 7) is 8.08. The first kappa shape index (κ1) is 22.1. The number of nitrogens with zero attached hydrogens (tertiary/aromatic N) is 3. The summed E-state index contributed by atoms with van der Waals surface area (Å²) in [5.41, 5.74) is 2.50. The number of carbonyl (C=O) groups excluding carboxylic acids is 1. The van der Waals surface area contributed by atoms with Crippen LogP contribution in [0.5, 0.6) is 11.5 Å². The molecule has 6 nitrogen and oxygen atoms in total. The molecule has 3 heterocycles. The van der Waals surface area contributed by atoms with Crippen LogP contribution in [-0.2, 0) is 17.8 Å². The number of hydrogen-bond donors (Lipinski definition) is 0. The molecule has 1 saturated heterocycles. The van der Waals surface area contributed by atoms with Gasteiger partial charge in [0, 0.05) is 49.7 Å². The quantitative estimate of drug-likeness (QED) is 0.656. The highest BCUT2D eigenvalue weighted by Gasteiger charge is 2.31. The Morgan fingerprint density at radius 2 is 1.84 bits per heavy atom. The van der Waals surface area contributed by atoms with Crippen LogP contribution in [0.3, 0.4) is 0 Å². The van der Waals surface area contributed by atoms with Gasteiger partial charge in [-0.05, 0) is 48.1 Å². The summed E-state index contributed by atoms with van der Waals surface area (Å²) < 4.78 is 10.9. The van der Waals surface area contributed by atoms with Gasteiger partial charge in [0.1, 0.15) is 11.5 Å². The number of methoxy groups -OCH3 is 2. The van der Waals surface area contributed by atoms with Gasteiger partial charge in [-0.25, -0.2) is 0 Å². The number of rotatable bonds is 7. The van der Waals surface area contributed by atoms with Crippen molar-refractivity contribution in [3.05, 3.63) is 45.6 Å². The summed E-state index contributed by atoms with van der Waals surface area (Å²) in [5, 5.41) is 2.16. The van der Waals surface area contributed by atoms with E-state index in [4.69, 9.17) is 9.47 Å². The lowest BCUT2D eigenvalue weighted by Gasteiger charge is -2.39. The molecule has 1 aromatic heterocycles. The maximum absolute atomic E-state index is 13.1. The van der Waals surface area contributed by atoms with Crippen molar-refractivity contribution in [2.24, 2.45) is 0 Å². The molecule has 7 heteroatoms. The Morgan fingerprint density at radius 3 is 2.55 bits per heavy atom. The summed E-state index contributed by atoms with van der Waals surface area (Å²) in [4.78, 5) is 21.4. The molecule has 1 aromatic carbocycles. The standard InChI is InChI=1S/C24H33N3O3S/c1-4-21-20-8-14-31-23(20)7-9-27(21)24(28)17-26-12-10-25(11-13-26)16-18-15-19(29-2)5-6-22(18)30-3/h5-6,8,14-15,21H,4,7,9-13,16-17H2,1-3H3. The summed E-state index contributed by atoms with van der Waals surface area (Å²) in [6, 6.07) is 8.39. The van der Waals surface area contributed by atoms with Gasteiger partial charge in [0.05, 0.1) is 26.8 Å². The fourth-order valence-electron chi connectivity index (χ4n) is 4.77. The molecule has 2 aliphatic heterocycles. The summed E-state index contributed by atoms with van der Waals surface area (Å²) in [5.74, 6) is 2.01. The average Bonchev–Trinajstić information content (AvgIpc) is 3.28. The average molecular weight is 444 g/mol.